The quantitative estimate of drug-likeness (QED) is 0.661. The van der Waals surface area contributed by atoms with Crippen LogP contribution < -0.4 is 4.74 Å². The monoisotopic (exact) mass is 185 g/mol. The summed E-state index contributed by atoms with van der Waals surface area (Å²) in [7, 11) is 1.65. The minimum Gasteiger partial charge on any atom is -0.495 e. The molecule has 1 aromatic rings. The number of hydrogen-bond acceptors (Lipinski definition) is 2. The molecule has 0 spiro atoms. The largest absolute Gasteiger partial charge is 0.495 e. The second kappa shape index (κ2) is 3.76. The molecule has 3 heteroatoms. The van der Waals surface area contributed by atoms with E-state index < -0.39 is 0 Å². The number of aryl methyl sites for hydroxylation is 2. The Morgan fingerprint density at radius 3 is 2.58 bits per heavy atom. The number of alkyl halides is 1. The third-order valence-corrected chi connectivity index (χ3v) is 2.00. The summed E-state index contributed by atoms with van der Waals surface area (Å²) < 4.78 is 5.17. The summed E-state index contributed by atoms with van der Waals surface area (Å²) >= 11 is 5.66. The molecule has 1 heterocycles. The van der Waals surface area contributed by atoms with Gasteiger partial charge >= 0.3 is 0 Å². The van der Waals surface area contributed by atoms with Gasteiger partial charge in [0.05, 0.1) is 24.4 Å². The van der Waals surface area contributed by atoms with Gasteiger partial charge in [-0.1, -0.05) is 0 Å². The standard InChI is InChI=1S/C9H12ClNO/c1-6-4-8(5-10)11-7(2)9(6)12-3/h4H,5H2,1-3H3. The van der Waals surface area contributed by atoms with Gasteiger partial charge in [-0.15, -0.1) is 11.6 Å². The van der Waals surface area contributed by atoms with Crippen LogP contribution in [-0.2, 0) is 5.88 Å². The fourth-order valence-corrected chi connectivity index (χ4v) is 1.41. The van der Waals surface area contributed by atoms with Crippen LogP contribution in [-0.4, -0.2) is 12.1 Å². The highest BCUT2D eigenvalue weighted by molar-refractivity contribution is 6.16. The van der Waals surface area contributed by atoms with Gasteiger partial charge in [0.25, 0.3) is 0 Å². The summed E-state index contributed by atoms with van der Waals surface area (Å²) in [6, 6.07) is 1.94. The van der Waals surface area contributed by atoms with E-state index in [-0.39, 0.29) is 0 Å². The van der Waals surface area contributed by atoms with Crippen molar-refractivity contribution in [3.63, 3.8) is 0 Å². The first-order chi connectivity index (χ1) is 5.69. The van der Waals surface area contributed by atoms with E-state index in [1.54, 1.807) is 7.11 Å². The highest BCUT2D eigenvalue weighted by Crippen LogP contribution is 2.21. The van der Waals surface area contributed by atoms with Gasteiger partial charge in [0.2, 0.25) is 0 Å². The average molecular weight is 186 g/mol. The van der Waals surface area contributed by atoms with Crippen LogP contribution in [0.25, 0.3) is 0 Å². The molecule has 0 saturated carbocycles. The maximum Gasteiger partial charge on any atom is 0.142 e. The van der Waals surface area contributed by atoms with E-state index in [0.717, 1.165) is 22.7 Å². The van der Waals surface area contributed by atoms with Crippen molar-refractivity contribution in [1.82, 2.24) is 4.98 Å². The van der Waals surface area contributed by atoms with Gasteiger partial charge in [0, 0.05) is 0 Å². The number of hydrogen-bond donors (Lipinski definition) is 0. The van der Waals surface area contributed by atoms with Gasteiger partial charge in [-0.3, -0.25) is 4.98 Å². The average Bonchev–Trinajstić information content (AvgIpc) is 2.03. The molecule has 0 saturated heterocycles. The van der Waals surface area contributed by atoms with Gasteiger partial charge in [-0.05, 0) is 25.5 Å². The third-order valence-electron chi connectivity index (χ3n) is 1.72. The van der Waals surface area contributed by atoms with E-state index in [1.165, 1.54) is 0 Å². The van der Waals surface area contributed by atoms with Gasteiger partial charge in [-0.2, -0.15) is 0 Å². The Labute approximate surface area is 77.5 Å². The summed E-state index contributed by atoms with van der Waals surface area (Å²) in [5.74, 6) is 1.30. The lowest BCUT2D eigenvalue weighted by atomic mass is 10.2. The molecule has 0 unspecified atom stereocenters. The molecule has 0 radical (unpaired) electrons. The van der Waals surface area contributed by atoms with Gasteiger partial charge in [0.1, 0.15) is 5.75 Å². The minimum atomic E-state index is 0.450. The number of pyridine rings is 1. The molecule has 0 N–H and O–H groups in total. The number of nitrogens with zero attached hydrogens (tertiary/aromatic N) is 1. The van der Waals surface area contributed by atoms with Crippen LogP contribution >= 0.6 is 11.6 Å². The fraction of sp³-hybridized carbons (Fsp3) is 0.444. The molecular weight excluding hydrogens is 174 g/mol. The molecule has 0 aliphatic heterocycles. The van der Waals surface area contributed by atoms with E-state index in [2.05, 4.69) is 4.98 Å². The Morgan fingerprint density at radius 2 is 2.17 bits per heavy atom. The molecule has 12 heavy (non-hydrogen) atoms. The van der Waals surface area contributed by atoms with E-state index in [9.17, 15) is 0 Å². The molecule has 0 aliphatic rings. The normalized spacial score (nSPS) is 10.0. The van der Waals surface area contributed by atoms with Crippen LogP contribution in [0.1, 0.15) is 17.0 Å². The van der Waals surface area contributed by atoms with Crippen LogP contribution in [0.15, 0.2) is 6.07 Å². The smallest absolute Gasteiger partial charge is 0.142 e. The molecule has 0 amide bonds. The second-order valence-corrected chi connectivity index (χ2v) is 2.95. The molecular formula is C9H12ClNO. The predicted octanol–water partition coefficient (Wildman–Crippen LogP) is 2.45. The van der Waals surface area contributed by atoms with Crippen molar-refractivity contribution in [2.45, 2.75) is 19.7 Å². The van der Waals surface area contributed by atoms with Crippen LogP contribution in [0.5, 0.6) is 5.75 Å². The molecule has 66 valence electrons. The molecule has 0 aromatic carbocycles. The van der Waals surface area contributed by atoms with Crippen LogP contribution in [0.4, 0.5) is 0 Å². The summed E-state index contributed by atoms with van der Waals surface area (Å²) in [5, 5.41) is 0. The van der Waals surface area contributed by atoms with Crippen molar-refractivity contribution < 1.29 is 4.74 Å². The van der Waals surface area contributed by atoms with E-state index >= 15 is 0 Å². The fourth-order valence-electron chi connectivity index (χ4n) is 1.28. The van der Waals surface area contributed by atoms with Crippen molar-refractivity contribution in [2.75, 3.05) is 7.11 Å². The van der Waals surface area contributed by atoms with Crippen molar-refractivity contribution in [3.05, 3.63) is 23.0 Å². The van der Waals surface area contributed by atoms with E-state index in [4.69, 9.17) is 16.3 Å². The summed E-state index contributed by atoms with van der Waals surface area (Å²) in [5.41, 5.74) is 2.88. The zero-order chi connectivity index (χ0) is 9.14. The van der Waals surface area contributed by atoms with Crippen LogP contribution in [0, 0.1) is 13.8 Å². The number of aromatic nitrogens is 1. The molecule has 0 bridgehead atoms. The van der Waals surface area contributed by atoms with Crippen molar-refractivity contribution >= 4 is 11.6 Å². The lowest BCUT2D eigenvalue weighted by Gasteiger charge is -2.08. The zero-order valence-electron chi connectivity index (χ0n) is 7.52. The highest BCUT2D eigenvalue weighted by atomic mass is 35.5. The molecule has 1 aromatic heterocycles. The minimum absolute atomic E-state index is 0.450. The van der Waals surface area contributed by atoms with Crippen molar-refractivity contribution in [2.24, 2.45) is 0 Å². The van der Waals surface area contributed by atoms with Crippen LogP contribution in [0.2, 0.25) is 0 Å². The first-order valence-corrected chi connectivity index (χ1v) is 4.29. The van der Waals surface area contributed by atoms with E-state index in [0.29, 0.717) is 5.88 Å². The molecule has 0 fully saturated rings. The molecule has 0 atom stereocenters. The van der Waals surface area contributed by atoms with Crippen LogP contribution in [0.3, 0.4) is 0 Å². The lowest BCUT2D eigenvalue weighted by molar-refractivity contribution is 0.405. The summed E-state index contributed by atoms with van der Waals surface area (Å²) in [6.07, 6.45) is 0. The van der Waals surface area contributed by atoms with Crippen molar-refractivity contribution in [1.29, 1.82) is 0 Å². The Morgan fingerprint density at radius 1 is 1.50 bits per heavy atom. The lowest BCUT2D eigenvalue weighted by Crippen LogP contribution is -1.97. The number of methoxy groups -OCH3 is 1. The number of ether oxygens (including phenoxy) is 1. The first kappa shape index (κ1) is 9.33. The van der Waals surface area contributed by atoms with Gasteiger partial charge in [-0.25, -0.2) is 0 Å². The van der Waals surface area contributed by atoms with Crippen molar-refractivity contribution in [3.8, 4) is 5.75 Å². The summed E-state index contributed by atoms with van der Waals surface area (Å²) in [6.45, 7) is 3.91. The first-order valence-electron chi connectivity index (χ1n) is 3.76. The maximum atomic E-state index is 5.66. The molecule has 0 aliphatic carbocycles. The Balaban J connectivity index is 3.18. The topological polar surface area (TPSA) is 22.1 Å². The number of halogens is 1. The Hall–Kier alpha value is -0.760. The molecule has 2 nitrogen and oxygen atoms in total. The van der Waals surface area contributed by atoms with Gasteiger partial charge in [0.15, 0.2) is 0 Å². The number of rotatable bonds is 2. The zero-order valence-corrected chi connectivity index (χ0v) is 8.27. The molecule has 1 rings (SSSR count). The third kappa shape index (κ3) is 1.69. The summed E-state index contributed by atoms with van der Waals surface area (Å²) in [4.78, 5) is 4.27. The SMILES string of the molecule is COc1c(C)cc(CCl)nc1C. The van der Waals surface area contributed by atoms with Gasteiger partial charge < -0.3 is 4.74 Å². The predicted molar refractivity (Wildman–Crippen MR) is 49.8 cm³/mol. The maximum absolute atomic E-state index is 5.66. The van der Waals surface area contributed by atoms with E-state index in [1.807, 2.05) is 19.9 Å². The Bertz CT molecular complexity index is 263. The highest BCUT2D eigenvalue weighted by Gasteiger charge is 2.05. The second-order valence-electron chi connectivity index (χ2n) is 2.68. The Kier molecular flexibility index (Phi) is 2.93.